The Morgan fingerprint density at radius 2 is 2.19 bits per heavy atom. The van der Waals surface area contributed by atoms with E-state index in [1.165, 1.54) is 23.1 Å². The molecule has 0 unspecified atom stereocenters. The smallest absolute Gasteiger partial charge is 0.239 e. The summed E-state index contributed by atoms with van der Waals surface area (Å²) in [6.45, 7) is 1.82. The average Bonchev–Trinajstić information content (AvgIpc) is 3.35. The number of carbonyl (C=O) groups is 1. The summed E-state index contributed by atoms with van der Waals surface area (Å²) in [4.78, 5) is 16.3. The molecule has 4 aromatic rings. The molecule has 0 aliphatic carbocycles. The number of thioether (sulfide) groups is 1. The zero-order valence-corrected chi connectivity index (χ0v) is 15.7. The number of aromatic nitrogens is 4. The van der Waals surface area contributed by atoms with Crippen molar-refractivity contribution in [2.75, 3.05) is 5.32 Å². The lowest BCUT2D eigenvalue weighted by molar-refractivity contribution is -0.115. The van der Waals surface area contributed by atoms with Crippen LogP contribution in [0.1, 0.15) is 6.92 Å². The van der Waals surface area contributed by atoms with Gasteiger partial charge in [-0.1, -0.05) is 30.0 Å². The van der Waals surface area contributed by atoms with Crippen LogP contribution in [0.5, 0.6) is 0 Å². The highest BCUT2D eigenvalue weighted by Gasteiger charge is 2.21. The summed E-state index contributed by atoms with van der Waals surface area (Å²) in [7, 11) is 1.86. The summed E-state index contributed by atoms with van der Waals surface area (Å²) < 4.78 is 7.68. The zero-order chi connectivity index (χ0) is 18.1. The first-order valence-electron chi connectivity index (χ1n) is 7.87. The first-order valence-corrected chi connectivity index (χ1v) is 9.63. The van der Waals surface area contributed by atoms with Crippen LogP contribution in [0.25, 0.3) is 22.6 Å². The third kappa shape index (κ3) is 3.23. The van der Waals surface area contributed by atoms with Crippen LogP contribution in [0, 0.1) is 0 Å². The number of hydrogen-bond donors (Lipinski definition) is 1. The number of furan rings is 1. The Morgan fingerprint density at radius 3 is 2.96 bits per heavy atom. The first-order chi connectivity index (χ1) is 12.6. The van der Waals surface area contributed by atoms with E-state index in [1.54, 1.807) is 6.20 Å². The molecule has 0 fully saturated rings. The number of rotatable bonds is 5. The minimum atomic E-state index is -0.342. The molecule has 0 aliphatic heterocycles. The fourth-order valence-corrected chi connectivity index (χ4v) is 3.77. The van der Waals surface area contributed by atoms with E-state index < -0.39 is 0 Å². The van der Waals surface area contributed by atoms with Crippen molar-refractivity contribution in [1.29, 1.82) is 0 Å². The normalized spacial score (nSPS) is 12.4. The van der Waals surface area contributed by atoms with E-state index in [2.05, 4.69) is 20.5 Å². The van der Waals surface area contributed by atoms with Crippen LogP contribution < -0.4 is 5.32 Å². The Balaban J connectivity index is 1.52. The van der Waals surface area contributed by atoms with Crippen LogP contribution in [-0.2, 0) is 11.8 Å². The molecule has 4 rings (SSSR count). The van der Waals surface area contributed by atoms with Crippen LogP contribution in [0.15, 0.2) is 51.5 Å². The fraction of sp³-hybridized carbons (Fsp3) is 0.176. The van der Waals surface area contributed by atoms with Gasteiger partial charge >= 0.3 is 0 Å². The van der Waals surface area contributed by atoms with Gasteiger partial charge in [0.15, 0.2) is 21.9 Å². The van der Waals surface area contributed by atoms with Gasteiger partial charge in [0.2, 0.25) is 5.91 Å². The van der Waals surface area contributed by atoms with Crippen molar-refractivity contribution in [3.05, 3.63) is 41.9 Å². The Bertz CT molecular complexity index is 1020. The van der Waals surface area contributed by atoms with Gasteiger partial charge in [0.1, 0.15) is 5.58 Å². The molecule has 1 atom stereocenters. The maximum atomic E-state index is 12.3. The number of thiazole rings is 1. The number of fused-ring (bicyclic) bond motifs is 1. The number of hydrogen-bond acceptors (Lipinski definition) is 7. The van der Waals surface area contributed by atoms with Crippen LogP contribution >= 0.6 is 23.1 Å². The van der Waals surface area contributed by atoms with Crippen molar-refractivity contribution in [3.63, 3.8) is 0 Å². The number of para-hydroxylation sites is 1. The molecular weight excluding hydrogens is 370 g/mol. The molecule has 1 amide bonds. The molecule has 0 aliphatic rings. The fourth-order valence-electron chi connectivity index (χ4n) is 2.43. The van der Waals surface area contributed by atoms with Crippen molar-refractivity contribution in [2.45, 2.75) is 17.3 Å². The predicted molar refractivity (Wildman–Crippen MR) is 102 cm³/mol. The molecule has 3 aromatic heterocycles. The lowest BCUT2D eigenvalue weighted by Crippen LogP contribution is -2.22. The van der Waals surface area contributed by atoms with Crippen molar-refractivity contribution in [2.24, 2.45) is 7.05 Å². The minimum absolute atomic E-state index is 0.127. The van der Waals surface area contributed by atoms with Crippen LogP contribution in [0.2, 0.25) is 0 Å². The van der Waals surface area contributed by atoms with E-state index in [4.69, 9.17) is 4.42 Å². The Morgan fingerprint density at radius 1 is 1.35 bits per heavy atom. The highest BCUT2D eigenvalue weighted by molar-refractivity contribution is 8.00. The molecule has 0 saturated carbocycles. The van der Waals surface area contributed by atoms with Crippen LogP contribution in [0.4, 0.5) is 5.13 Å². The molecular formula is C17H15N5O2S2. The summed E-state index contributed by atoms with van der Waals surface area (Å²) in [5.41, 5.74) is 0.802. The average molecular weight is 385 g/mol. The summed E-state index contributed by atoms with van der Waals surface area (Å²) >= 11 is 2.72. The maximum absolute atomic E-state index is 12.3. The molecule has 132 valence electrons. The van der Waals surface area contributed by atoms with Gasteiger partial charge in [-0.2, -0.15) is 0 Å². The topological polar surface area (TPSA) is 85.8 Å². The summed E-state index contributed by atoms with van der Waals surface area (Å²) in [5.74, 6) is 1.14. The van der Waals surface area contributed by atoms with E-state index in [0.29, 0.717) is 21.9 Å². The van der Waals surface area contributed by atoms with E-state index in [0.717, 1.165) is 11.0 Å². The quantitative estimate of drug-likeness (QED) is 0.526. The second kappa shape index (κ2) is 6.93. The van der Waals surface area contributed by atoms with Crippen LogP contribution in [0.3, 0.4) is 0 Å². The van der Waals surface area contributed by atoms with Gasteiger partial charge in [-0.3, -0.25) is 4.79 Å². The SMILES string of the molecule is C[C@H](Sc1nnc(-c2cc3ccccc3o2)n1C)C(=O)Nc1nccs1. The molecule has 0 spiro atoms. The Kier molecular flexibility index (Phi) is 4.48. The predicted octanol–water partition coefficient (Wildman–Crippen LogP) is 3.80. The van der Waals surface area contributed by atoms with Gasteiger partial charge in [-0.15, -0.1) is 21.5 Å². The largest absolute Gasteiger partial charge is 0.453 e. The summed E-state index contributed by atoms with van der Waals surface area (Å²) in [6.07, 6.45) is 1.65. The van der Waals surface area contributed by atoms with E-state index in [-0.39, 0.29) is 11.2 Å². The van der Waals surface area contributed by atoms with E-state index >= 15 is 0 Å². The molecule has 1 aromatic carbocycles. The van der Waals surface area contributed by atoms with Crippen molar-refractivity contribution < 1.29 is 9.21 Å². The van der Waals surface area contributed by atoms with Crippen molar-refractivity contribution in [3.8, 4) is 11.6 Å². The number of anilines is 1. The second-order valence-corrected chi connectivity index (χ2v) is 7.80. The van der Waals surface area contributed by atoms with Gasteiger partial charge in [0, 0.05) is 24.0 Å². The molecule has 9 heteroatoms. The number of nitrogens with zero attached hydrogens (tertiary/aromatic N) is 4. The Hall–Kier alpha value is -2.65. The molecule has 0 radical (unpaired) electrons. The monoisotopic (exact) mass is 385 g/mol. The molecule has 26 heavy (non-hydrogen) atoms. The van der Waals surface area contributed by atoms with E-state index in [1.807, 2.05) is 54.3 Å². The number of nitrogens with one attached hydrogen (secondary N) is 1. The molecule has 3 heterocycles. The highest BCUT2D eigenvalue weighted by atomic mass is 32.2. The third-order valence-electron chi connectivity index (χ3n) is 3.79. The van der Waals surface area contributed by atoms with Gasteiger partial charge in [0.05, 0.1) is 5.25 Å². The first kappa shape index (κ1) is 16.8. The Labute approximate surface area is 157 Å². The second-order valence-electron chi connectivity index (χ2n) is 5.60. The molecule has 0 saturated heterocycles. The highest BCUT2D eigenvalue weighted by Crippen LogP contribution is 2.30. The maximum Gasteiger partial charge on any atom is 0.239 e. The van der Waals surface area contributed by atoms with Gasteiger partial charge in [0.25, 0.3) is 0 Å². The number of carbonyl (C=O) groups excluding carboxylic acids is 1. The lowest BCUT2D eigenvalue weighted by atomic mass is 10.2. The molecule has 0 bridgehead atoms. The summed E-state index contributed by atoms with van der Waals surface area (Å²) in [5, 5.41) is 14.9. The standard InChI is InChI=1S/C17H15N5O2S2/c1-10(15(23)19-16-18-7-8-25-16)26-17-21-20-14(22(17)2)13-9-11-5-3-4-6-12(11)24-13/h3-10H,1-2H3,(H,18,19,23)/t10-/m0/s1. The van der Waals surface area contributed by atoms with Crippen molar-refractivity contribution in [1.82, 2.24) is 19.7 Å². The van der Waals surface area contributed by atoms with Gasteiger partial charge < -0.3 is 14.3 Å². The zero-order valence-electron chi connectivity index (χ0n) is 14.0. The van der Waals surface area contributed by atoms with Crippen LogP contribution in [-0.4, -0.2) is 30.9 Å². The minimum Gasteiger partial charge on any atom is -0.453 e. The van der Waals surface area contributed by atoms with Gasteiger partial charge in [-0.25, -0.2) is 4.98 Å². The number of benzene rings is 1. The van der Waals surface area contributed by atoms with E-state index in [9.17, 15) is 4.79 Å². The number of amides is 1. The summed E-state index contributed by atoms with van der Waals surface area (Å²) in [6, 6.07) is 9.72. The van der Waals surface area contributed by atoms with Gasteiger partial charge in [-0.05, 0) is 19.1 Å². The third-order valence-corrected chi connectivity index (χ3v) is 5.62. The molecule has 1 N–H and O–H groups in total. The molecule has 7 nitrogen and oxygen atoms in total. The van der Waals surface area contributed by atoms with Crippen molar-refractivity contribution >= 4 is 45.1 Å². The lowest BCUT2D eigenvalue weighted by Gasteiger charge is -2.09.